The molecule has 0 atom stereocenters. The normalized spacial score (nSPS) is 10.9. The highest BCUT2D eigenvalue weighted by atomic mass is 32.1. The molecular formula is C16H21N3OS. The van der Waals surface area contributed by atoms with E-state index in [9.17, 15) is 4.79 Å². The summed E-state index contributed by atoms with van der Waals surface area (Å²) in [5.74, 6) is 0.138. The molecule has 0 radical (unpaired) electrons. The molecule has 0 aliphatic rings. The maximum Gasteiger partial charge on any atom is 0.239 e. The predicted molar refractivity (Wildman–Crippen MR) is 88.7 cm³/mol. The van der Waals surface area contributed by atoms with Gasteiger partial charge >= 0.3 is 0 Å². The lowest BCUT2D eigenvalue weighted by atomic mass is 10.0. The van der Waals surface area contributed by atoms with Gasteiger partial charge in [0.25, 0.3) is 0 Å². The second kappa shape index (κ2) is 6.83. The van der Waals surface area contributed by atoms with Crippen molar-refractivity contribution in [1.82, 2.24) is 4.98 Å². The van der Waals surface area contributed by atoms with Gasteiger partial charge in [-0.15, -0.1) is 11.3 Å². The first-order chi connectivity index (χ1) is 10.0. The summed E-state index contributed by atoms with van der Waals surface area (Å²) in [5, 5.41) is 3.36. The van der Waals surface area contributed by atoms with Crippen molar-refractivity contribution in [3.8, 4) is 11.3 Å². The maximum absolute atomic E-state index is 11.4. The Morgan fingerprint density at radius 2 is 2.00 bits per heavy atom. The molecule has 112 valence electrons. The van der Waals surface area contributed by atoms with Gasteiger partial charge in [0.05, 0.1) is 12.2 Å². The van der Waals surface area contributed by atoms with Crippen molar-refractivity contribution >= 4 is 22.4 Å². The van der Waals surface area contributed by atoms with Crippen LogP contribution >= 0.6 is 11.3 Å². The zero-order valence-electron chi connectivity index (χ0n) is 12.6. The van der Waals surface area contributed by atoms with E-state index in [-0.39, 0.29) is 12.5 Å². The molecular weight excluding hydrogens is 282 g/mol. The van der Waals surface area contributed by atoms with Gasteiger partial charge in [0, 0.05) is 10.4 Å². The fourth-order valence-electron chi connectivity index (χ4n) is 2.05. The summed E-state index contributed by atoms with van der Waals surface area (Å²) in [6, 6.07) is 8.43. The first kappa shape index (κ1) is 15.7. The van der Waals surface area contributed by atoms with Gasteiger partial charge in [-0.25, -0.2) is 4.98 Å². The Balaban J connectivity index is 2.38. The topological polar surface area (TPSA) is 68.0 Å². The van der Waals surface area contributed by atoms with Crippen molar-refractivity contribution in [2.24, 2.45) is 5.73 Å². The number of hydrogen-bond acceptors (Lipinski definition) is 4. The van der Waals surface area contributed by atoms with E-state index >= 15 is 0 Å². The lowest BCUT2D eigenvalue weighted by Gasteiger charge is -2.05. The second-order valence-corrected chi connectivity index (χ2v) is 6.22. The third kappa shape index (κ3) is 3.68. The van der Waals surface area contributed by atoms with Crippen molar-refractivity contribution in [2.45, 2.75) is 33.1 Å². The molecule has 1 aromatic heterocycles. The number of benzene rings is 1. The van der Waals surface area contributed by atoms with Crippen molar-refractivity contribution in [2.75, 3.05) is 11.9 Å². The lowest BCUT2D eigenvalue weighted by Crippen LogP contribution is -2.21. The molecule has 0 fully saturated rings. The monoisotopic (exact) mass is 303 g/mol. The molecule has 0 unspecified atom stereocenters. The van der Waals surface area contributed by atoms with Gasteiger partial charge in [-0.05, 0) is 17.9 Å². The highest BCUT2D eigenvalue weighted by Crippen LogP contribution is 2.36. The number of anilines is 1. The van der Waals surface area contributed by atoms with Gasteiger partial charge in [-0.1, -0.05) is 45.0 Å². The Labute approximate surface area is 129 Å². The number of thiazole rings is 1. The van der Waals surface area contributed by atoms with Gasteiger partial charge in [-0.3, -0.25) is 4.79 Å². The summed E-state index contributed by atoms with van der Waals surface area (Å²) in [5.41, 5.74) is 8.67. The largest absolute Gasteiger partial charge is 0.322 e. The molecule has 0 aliphatic carbocycles. The van der Waals surface area contributed by atoms with Crippen molar-refractivity contribution in [3.05, 3.63) is 34.7 Å². The molecule has 2 aromatic rings. The number of nitrogens with two attached hydrogens (primary N) is 1. The molecule has 3 N–H and O–H groups in total. The molecule has 1 heterocycles. The third-order valence-corrected chi connectivity index (χ3v) is 4.52. The third-order valence-electron chi connectivity index (χ3n) is 3.25. The summed E-state index contributed by atoms with van der Waals surface area (Å²) < 4.78 is 0. The van der Waals surface area contributed by atoms with Crippen LogP contribution in [0, 0.1) is 0 Å². The first-order valence-electron chi connectivity index (χ1n) is 7.15. The minimum absolute atomic E-state index is 0.0306. The number of carbonyl (C=O) groups excluding carboxylic acids is 1. The Morgan fingerprint density at radius 3 is 2.52 bits per heavy atom. The van der Waals surface area contributed by atoms with Crippen molar-refractivity contribution in [1.29, 1.82) is 0 Å². The molecule has 0 saturated carbocycles. The molecule has 2 rings (SSSR count). The summed E-state index contributed by atoms with van der Waals surface area (Å²) in [4.78, 5) is 17.2. The average Bonchev–Trinajstić information content (AvgIpc) is 2.91. The predicted octanol–water partition coefficient (Wildman–Crippen LogP) is 3.39. The van der Waals surface area contributed by atoms with Crippen LogP contribution in [0.1, 0.15) is 37.1 Å². The molecule has 0 saturated heterocycles. The number of nitrogens with one attached hydrogen (secondary N) is 1. The second-order valence-electron chi connectivity index (χ2n) is 5.19. The SMILES string of the molecule is CCc1ccc(-c2nc(NC(=O)CN)sc2C(C)C)cc1. The lowest BCUT2D eigenvalue weighted by molar-refractivity contribution is -0.114. The van der Waals surface area contributed by atoms with Crippen LogP contribution in [0.3, 0.4) is 0 Å². The average molecular weight is 303 g/mol. The van der Waals surface area contributed by atoms with E-state index in [4.69, 9.17) is 5.73 Å². The number of aromatic nitrogens is 1. The van der Waals surface area contributed by atoms with Gasteiger partial charge in [0.2, 0.25) is 5.91 Å². The van der Waals surface area contributed by atoms with Gasteiger partial charge in [0.1, 0.15) is 0 Å². The molecule has 0 bridgehead atoms. The van der Waals surface area contributed by atoms with E-state index in [0.29, 0.717) is 11.0 Å². The fourth-order valence-corrected chi connectivity index (χ4v) is 3.06. The van der Waals surface area contributed by atoms with E-state index in [1.807, 2.05) is 0 Å². The Morgan fingerprint density at radius 1 is 1.33 bits per heavy atom. The summed E-state index contributed by atoms with van der Waals surface area (Å²) in [7, 11) is 0. The van der Waals surface area contributed by atoms with Crippen molar-refractivity contribution < 1.29 is 4.79 Å². The maximum atomic E-state index is 11.4. The number of aryl methyl sites for hydroxylation is 1. The molecule has 0 spiro atoms. The minimum Gasteiger partial charge on any atom is -0.322 e. The highest BCUT2D eigenvalue weighted by Gasteiger charge is 2.16. The minimum atomic E-state index is -0.216. The number of rotatable bonds is 5. The van der Waals surface area contributed by atoms with E-state index in [2.05, 4.69) is 55.3 Å². The van der Waals surface area contributed by atoms with Crippen LogP contribution in [0.25, 0.3) is 11.3 Å². The molecule has 1 aromatic carbocycles. The molecule has 1 amide bonds. The van der Waals surface area contributed by atoms with Gasteiger partial charge < -0.3 is 11.1 Å². The highest BCUT2D eigenvalue weighted by molar-refractivity contribution is 7.16. The van der Waals surface area contributed by atoms with Gasteiger partial charge in [0.15, 0.2) is 5.13 Å². The van der Waals surface area contributed by atoms with Crippen LogP contribution in [-0.4, -0.2) is 17.4 Å². The smallest absolute Gasteiger partial charge is 0.239 e. The zero-order chi connectivity index (χ0) is 15.4. The Bertz CT molecular complexity index is 617. The fraction of sp³-hybridized carbons (Fsp3) is 0.375. The van der Waals surface area contributed by atoms with E-state index < -0.39 is 0 Å². The quantitative estimate of drug-likeness (QED) is 0.889. The molecule has 4 nitrogen and oxygen atoms in total. The van der Waals surface area contributed by atoms with Crippen LogP contribution < -0.4 is 11.1 Å². The Hall–Kier alpha value is -1.72. The first-order valence-corrected chi connectivity index (χ1v) is 7.96. The molecule has 21 heavy (non-hydrogen) atoms. The van der Waals surface area contributed by atoms with Crippen LogP contribution in [0.4, 0.5) is 5.13 Å². The summed E-state index contributed by atoms with van der Waals surface area (Å²) >= 11 is 1.52. The van der Waals surface area contributed by atoms with Crippen LogP contribution in [0.5, 0.6) is 0 Å². The van der Waals surface area contributed by atoms with E-state index in [1.165, 1.54) is 21.8 Å². The number of hydrogen-bond donors (Lipinski definition) is 2. The number of nitrogens with zero attached hydrogens (tertiary/aromatic N) is 1. The summed E-state index contributed by atoms with van der Waals surface area (Å²) in [6.45, 7) is 6.37. The summed E-state index contributed by atoms with van der Waals surface area (Å²) in [6.07, 6.45) is 1.02. The molecule has 5 heteroatoms. The number of carbonyl (C=O) groups is 1. The van der Waals surface area contributed by atoms with Crippen molar-refractivity contribution in [3.63, 3.8) is 0 Å². The van der Waals surface area contributed by atoms with E-state index in [1.54, 1.807) is 0 Å². The standard InChI is InChI=1S/C16H21N3OS/c1-4-11-5-7-12(8-6-11)14-15(10(2)3)21-16(19-14)18-13(20)9-17/h5-8,10H,4,9,17H2,1-3H3,(H,18,19,20). The zero-order valence-corrected chi connectivity index (χ0v) is 13.5. The van der Waals surface area contributed by atoms with Crippen LogP contribution in [0.15, 0.2) is 24.3 Å². The van der Waals surface area contributed by atoms with Crippen LogP contribution in [0.2, 0.25) is 0 Å². The van der Waals surface area contributed by atoms with Crippen LogP contribution in [-0.2, 0) is 11.2 Å². The van der Waals surface area contributed by atoms with Gasteiger partial charge in [-0.2, -0.15) is 0 Å². The molecule has 0 aliphatic heterocycles. The Kier molecular flexibility index (Phi) is 5.09. The number of amides is 1. The van der Waals surface area contributed by atoms with E-state index in [0.717, 1.165) is 17.7 Å².